The fourth-order valence-corrected chi connectivity index (χ4v) is 2.32. The van der Waals surface area contributed by atoms with E-state index in [0.717, 1.165) is 19.3 Å². The van der Waals surface area contributed by atoms with Gasteiger partial charge in [-0.1, -0.05) is 13.8 Å². The molecule has 0 spiro atoms. The maximum atomic E-state index is 11.6. The van der Waals surface area contributed by atoms with E-state index in [0.29, 0.717) is 11.6 Å². The van der Waals surface area contributed by atoms with Crippen LogP contribution in [-0.4, -0.2) is 26.6 Å². The molecule has 1 heterocycles. The highest BCUT2D eigenvalue weighted by molar-refractivity contribution is 5.69. The smallest absolute Gasteiger partial charge is 0.305 e. The first-order valence-corrected chi connectivity index (χ1v) is 6.51. The van der Waals surface area contributed by atoms with E-state index in [4.69, 9.17) is 5.11 Å². The van der Waals surface area contributed by atoms with Crippen LogP contribution in [0.5, 0.6) is 0 Å². The van der Waals surface area contributed by atoms with Crippen molar-refractivity contribution in [3.63, 3.8) is 0 Å². The van der Waals surface area contributed by atoms with Crippen molar-refractivity contribution >= 4 is 11.8 Å². The molecule has 1 aromatic heterocycles. The standard InChI is InChI=1S/C13H19N3O3/c1-8(2)12-14-9(6-10(17)15-12)16-13(4-3-5-13)7-11(18)19/h6,8H,3-5,7H2,1-2H3,(H,18,19)(H2,14,15,16,17). The number of carboxylic acid groups (broad SMARTS) is 1. The Morgan fingerprint density at radius 2 is 2.26 bits per heavy atom. The Bertz CT molecular complexity index is 532. The van der Waals surface area contributed by atoms with E-state index in [1.807, 2.05) is 13.8 Å². The van der Waals surface area contributed by atoms with Gasteiger partial charge in [0.25, 0.3) is 5.56 Å². The van der Waals surface area contributed by atoms with Crippen molar-refractivity contribution in [3.05, 3.63) is 22.2 Å². The van der Waals surface area contributed by atoms with E-state index in [1.165, 1.54) is 6.07 Å². The monoisotopic (exact) mass is 265 g/mol. The number of nitrogens with one attached hydrogen (secondary N) is 2. The third-order valence-electron chi connectivity index (χ3n) is 3.50. The number of hydrogen-bond acceptors (Lipinski definition) is 4. The van der Waals surface area contributed by atoms with Crippen LogP contribution in [0.3, 0.4) is 0 Å². The van der Waals surface area contributed by atoms with Crippen LogP contribution in [0.1, 0.15) is 51.3 Å². The molecule has 0 bridgehead atoms. The fraction of sp³-hybridized carbons (Fsp3) is 0.615. The maximum Gasteiger partial charge on any atom is 0.305 e. The van der Waals surface area contributed by atoms with E-state index in [2.05, 4.69) is 15.3 Å². The molecule has 1 aromatic rings. The average molecular weight is 265 g/mol. The second-order valence-corrected chi connectivity index (χ2v) is 5.50. The minimum atomic E-state index is -0.832. The van der Waals surface area contributed by atoms with Gasteiger partial charge in [0.2, 0.25) is 0 Å². The molecular weight excluding hydrogens is 246 g/mol. The molecule has 0 unspecified atom stereocenters. The number of H-pyrrole nitrogens is 1. The molecule has 104 valence electrons. The van der Waals surface area contributed by atoms with Crippen molar-refractivity contribution in [1.82, 2.24) is 9.97 Å². The zero-order chi connectivity index (χ0) is 14.0. The third kappa shape index (κ3) is 3.13. The number of carboxylic acids is 1. The molecular formula is C13H19N3O3. The van der Waals surface area contributed by atoms with Crippen LogP contribution >= 0.6 is 0 Å². The Hall–Kier alpha value is -1.85. The average Bonchev–Trinajstić information content (AvgIpc) is 2.24. The van der Waals surface area contributed by atoms with Gasteiger partial charge in [-0.25, -0.2) is 4.98 Å². The van der Waals surface area contributed by atoms with Gasteiger partial charge in [0.15, 0.2) is 0 Å². The molecule has 0 atom stereocenters. The van der Waals surface area contributed by atoms with Gasteiger partial charge in [-0.3, -0.25) is 9.59 Å². The Kier molecular flexibility index (Phi) is 3.59. The topological polar surface area (TPSA) is 95.1 Å². The van der Waals surface area contributed by atoms with Crippen molar-refractivity contribution in [1.29, 1.82) is 0 Å². The Balaban J connectivity index is 2.22. The molecule has 0 radical (unpaired) electrons. The van der Waals surface area contributed by atoms with Gasteiger partial charge in [0.1, 0.15) is 11.6 Å². The summed E-state index contributed by atoms with van der Waals surface area (Å²) in [5.74, 6) is 0.362. The normalized spacial score (nSPS) is 17.0. The number of rotatable bonds is 5. The van der Waals surface area contributed by atoms with Crippen LogP contribution in [0, 0.1) is 0 Å². The highest BCUT2D eigenvalue weighted by Crippen LogP contribution is 2.37. The number of aromatic nitrogens is 2. The molecule has 0 aliphatic heterocycles. The molecule has 1 saturated carbocycles. The molecule has 6 heteroatoms. The molecule has 6 nitrogen and oxygen atoms in total. The molecule has 1 fully saturated rings. The highest BCUT2D eigenvalue weighted by Gasteiger charge is 2.39. The maximum absolute atomic E-state index is 11.6. The molecule has 0 saturated heterocycles. The van der Waals surface area contributed by atoms with Gasteiger partial charge in [-0.05, 0) is 19.3 Å². The van der Waals surface area contributed by atoms with E-state index >= 15 is 0 Å². The summed E-state index contributed by atoms with van der Waals surface area (Å²) in [6, 6.07) is 1.38. The van der Waals surface area contributed by atoms with Crippen molar-refractivity contribution in [2.45, 2.75) is 51.0 Å². The largest absolute Gasteiger partial charge is 0.481 e. The van der Waals surface area contributed by atoms with Crippen LogP contribution in [0.4, 0.5) is 5.82 Å². The lowest BCUT2D eigenvalue weighted by Crippen LogP contribution is -2.47. The quantitative estimate of drug-likeness (QED) is 0.753. The van der Waals surface area contributed by atoms with Crippen molar-refractivity contribution in [2.75, 3.05) is 5.32 Å². The number of aromatic amines is 1. The van der Waals surface area contributed by atoms with Gasteiger partial charge in [0, 0.05) is 17.5 Å². The second-order valence-electron chi connectivity index (χ2n) is 5.50. The first-order chi connectivity index (χ1) is 8.90. The zero-order valence-electron chi connectivity index (χ0n) is 11.2. The van der Waals surface area contributed by atoms with Crippen molar-refractivity contribution < 1.29 is 9.90 Å². The van der Waals surface area contributed by atoms with E-state index in [-0.39, 0.29) is 17.9 Å². The number of nitrogens with zero attached hydrogens (tertiary/aromatic N) is 1. The lowest BCUT2D eigenvalue weighted by atomic mass is 9.74. The summed E-state index contributed by atoms with van der Waals surface area (Å²) >= 11 is 0. The van der Waals surface area contributed by atoms with Crippen LogP contribution in [0.2, 0.25) is 0 Å². The summed E-state index contributed by atoms with van der Waals surface area (Å²) < 4.78 is 0. The summed E-state index contributed by atoms with van der Waals surface area (Å²) in [6.45, 7) is 3.89. The molecule has 3 N–H and O–H groups in total. The predicted octanol–water partition coefficient (Wildman–Crippen LogP) is 1.70. The fourth-order valence-electron chi connectivity index (χ4n) is 2.32. The van der Waals surface area contributed by atoms with E-state index in [9.17, 15) is 9.59 Å². The van der Waals surface area contributed by atoms with Gasteiger partial charge in [-0.2, -0.15) is 0 Å². The van der Waals surface area contributed by atoms with Crippen molar-refractivity contribution in [2.24, 2.45) is 0 Å². The molecule has 0 aromatic carbocycles. The minimum absolute atomic E-state index is 0.0541. The van der Waals surface area contributed by atoms with Crippen LogP contribution in [0.25, 0.3) is 0 Å². The van der Waals surface area contributed by atoms with Crippen LogP contribution in [0.15, 0.2) is 10.9 Å². The summed E-state index contributed by atoms with van der Waals surface area (Å²) in [5.41, 5.74) is -0.660. The Morgan fingerprint density at radius 1 is 1.58 bits per heavy atom. The second kappa shape index (κ2) is 5.03. The third-order valence-corrected chi connectivity index (χ3v) is 3.50. The van der Waals surface area contributed by atoms with Crippen molar-refractivity contribution in [3.8, 4) is 0 Å². The number of anilines is 1. The molecule has 2 rings (SSSR count). The molecule has 1 aliphatic rings. The van der Waals surface area contributed by atoms with Gasteiger partial charge in [0.05, 0.1) is 6.42 Å². The summed E-state index contributed by atoms with van der Waals surface area (Å²) in [5, 5.41) is 12.1. The van der Waals surface area contributed by atoms with Gasteiger partial charge in [-0.15, -0.1) is 0 Å². The first kappa shape index (κ1) is 13.6. The van der Waals surface area contributed by atoms with E-state index in [1.54, 1.807) is 0 Å². The molecule has 19 heavy (non-hydrogen) atoms. The molecule has 0 amide bonds. The summed E-state index contributed by atoms with van der Waals surface area (Å²) in [7, 11) is 0. The number of carbonyl (C=O) groups is 1. The summed E-state index contributed by atoms with van der Waals surface area (Å²) in [4.78, 5) is 29.5. The first-order valence-electron chi connectivity index (χ1n) is 6.51. The van der Waals surface area contributed by atoms with Gasteiger partial charge < -0.3 is 15.4 Å². The van der Waals surface area contributed by atoms with Crippen LogP contribution in [-0.2, 0) is 4.79 Å². The zero-order valence-corrected chi connectivity index (χ0v) is 11.2. The minimum Gasteiger partial charge on any atom is -0.481 e. The lowest BCUT2D eigenvalue weighted by Gasteiger charge is -2.41. The predicted molar refractivity (Wildman–Crippen MR) is 71.4 cm³/mol. The van der Waals surface area contributed by atoms with Crippen LogP contribution < -0.4 is 10.9 Å². The van der Waals surface area contributed by atoms with Gasteiger partial charge >= 0.3 is 5.97 Å². The number of hydrogen-bond donors (Lipinski definition) is 3. The highest BCUT2D eigenvalue weighted by atomic mass is 16.4. The lowest BCUT2D eigenvalue weighted by molar-refractivity contribution is -0.138. The number of aliphatic carboxylic acids is 1. The Morgan fingerprint density at radius 3 is 2.74 bits per heavy atom. The SMILES string of the molecule is CC(C)c1nc(NC2(CC(=O)O)CCC2)cc(=O)[nH]1. The van der Waals surface area contributed by atoms with E-state index < -0.39 is 11.5 Å². The molecule has 1 aliphatic carbocycles. The summed E-state index contributed by atoms with van der Waals surface area (Å²) in [6.07, 6.45) is 2.65. The Labute approximate surface area is 111 Å².